The van der Waals surface area contributed by atoms with Crippen LogP contribution < -0.4 is 0 Å². The van der Waals surface area contributed by atoms with Crippen molar-refractivity contribution in [3.05, 3.63) is 0 Å². The maximum atomic E-state index is 9.21. The van der Waals surface area contributed by atoms with Crippen LogP contribution in [0.5, 0.6) is 0 Å². The summed E-state index contributed by atoms with van der Waals surface area (Å²) in [4.78, 5) is 0. The molecule has 1 aliphatic rings. The first-order valence-corrected chi connectivity index (χ1v) is 4.20. The van der Waals surface area contributed by atoms with Crippen molar-refractivity contribution in [3.8, 4) is 0 Å². The highest BCUT2D eigenvalue weighted by atomic mass is 31.0. The lowest BCUT2D eigenvalue weighted by Crippen LogP contribution is -2.48. The van der Waals surface area contributed by atoms with Gasteiger partial charge in [-0.2, -0.15) is 0 Å². The van der Waals surface area contributed by atoms with Gasteiger partial charge in [-0.3, -0.25) is 0 Å². The summed E-state index contributed by atoms with van der Waals surface area (Å²) < 4.78 is 5.12. The lowest BCUT2D eigenvalue weighted by Gasteiger charge is -2.34. The van der Waals surface area contributed by atoms with E-state index < -0.39 is 18.3 Å². The maximum Gasteiger partial charge on any atom is 0.110 e. The molecule has 0 aliphatic carbocycles. The number of rotatable bonds is 1. The second-order valence-electron chi connectivity index (χ2n) is 2.69. The molecule has 11 heavy (non-hydrogen) atoms. The summed E-state index contributed by atoms with van der Waals surface area (Å²) in [7, 11) is 2.39. The van der Waals surface area contributed by atoms with Crippen LogP contribution in [0.2, 0.25) is 0 Å². The number of aliphatic hydroxyl groups is 3. The van der Waals surface area contributed by atoms with Crippen LogP contribution in [-0.2, 0) is 4.74 Å². The third-order valence-electron chi connectivity index (χ3n) is 1.78. The molecule has 5 heteroatoms. The van der Waals surface area contributed by atoms with E-state index in [1.165, 1.54) is 0 Å². The van der Waals surface area contributed by atoms with E-state index in [4.69, 9.17) is 9.84 Å². The maximum absolute atomic E-state index is 9.21. The summed E-state index contributed by atoms with van der Waals surface area (Å²) in [6.07, 6.45) is -2.01. The van der Waals surface area contributed by atoms with Crippen molar-refractivity contribution in [3.63, 3.8) is 0 Å². The SMILES string of the molecule is OCC1OC(P)CC(O)C1O. The van der Waals surface area contributed by atoms with Crippen molar-refractivity contribution in [2.75, 3.05) is 6.61 Å². The van der Waals surface area contributed by atoms with Gasteiger partial charge in [0.05, 0.1) is 18.6 Å². The fraction of sp³-hybridized carbons (Fsp3) is 1.00. The van der Waals surface area contributed by atoms with E-state index in [0.717, 1.165) is 0 Å². The largest absolute Gasteiger partial charge is 0.394 e. The molecule has 0 aromatic rings. The molecular weight excluding hydrogens is 167 g/mol. The van der Waals surface area contributed by atoms with Crippen LogP contribution in [0, 0.1) is 0 Å². The Morgan fingerprint density at radius 1 is 1.45 bits per heavy atom. The summed E-state index contributed by atoms with van der Waals surface area (Å²) in [5.41, 5.74) is 0. The fourth-order valence-corrected chi connectivity index (χ4v) is 1.62. The summed E-state index contributed by atoms with van der Waals surface area (Å²) in [6.45, 7) is -0.261. The Balaban J connectivity index is 2.51. The van der Waals surface area contributed by atoms with Gasteiger partial charge in [0.1, 0.15) is 12.2 Å². The summed E-state index contributed by atoms with van der Waals surface area (Å²) >= 11 is 0. The van der Waals surface area contributed by atoms with Crippen LogP contribution >= 0.6 is 9.24 Å². The molecule has 0 amide bonds. The molecule has 0 saturated carbocycles. The van der Waals surface area contributed by atoms with Gasteiger partial charge in [-0.25, -0.2) is 0 Å². The van der Waals surface area contributed by atoms with E-state index in [1.807, 2.05) is 0 Å². The van der Waals surface area contributed by atoms with Gasteiger partial charge in [-0.1, -0.05) is 0 Å². The Hall–Kier alpha value is 0.270. The minimum atomic E-state index is -0.961. The highest BCUT2D eigenvalue weighted by Crippen LogP contribution is 2.23. The standard InChI is InChI=1S/C6H13O4P/c7-2-4-6(9)3(8)1-5(11)10-4/h3-9H,1-2,11H2. The fourth-order valence-electron chi connectivity index (χ4n) is 1.14. The van der Waals surface area contributed by atoms with Crippen molar-refractivity contribution in [2.24, 2.45) is 0 Å². The summed E-state index contributed by atoms with van der Waals surface area (Å²) in [5, 5.41) is 27.1. The average Bonchev–Trinajstić information content (AvgIpc) is 1.96. The number of hydrogen-bond donors (Lipinski definition) is 3. The first-order valence-electron chi connectivity index (χ1n) is 3.53. The molecule has 0 aromatic heterocycles. The molecule has 0 spiro atoms. The highest BCUT2D eigenvalue weighted by Gasteiger charge is 2.34. The van der Waals surface area contributed by atoms with Crippen LogP contribution in [0.15, 0.2) is 0 Å². The molecule has 0 radical (unpaired) electrons. The Morgan fingerprint density at radius 2 is 2.09 bits per heavy atom. The van der Waals surface area contributed by atoms with Crippen molar-refractivity contribution in [1.82, 2.24) is 0 Å². The van der Waals surface area contributed by atoms with Gasteiger partial charge in [-0.05, 0) is 0 Å². The van der Waals surface area contributed by atoms with Crippen LogP contribution in [0.25, 0.3) is 0 Å². The van der Waals surface area contributed by atoms with E-state index in [-0.39, 0.29) is 12.5 Å². The molecule has 5 atom stereocenters. The third kappa shape index (κ3) is 2.10. The van der Waals surface area contributed by atoms with Gasteiger partial charge in [0.15, 0.2) is 0 Å². The topological polar surface area (TPSA) is 69.9 Å². The summed E-state index contributed by atoms with van der Waals surface area (Å²) in [5.74, 6) is -0.175. The van der Waals surface area contributed by atoms with Crippen molar-refractivity contribution >= 4 is 9.24 Å². The zero-order valence-electron chi connectivity index (χ0n) is 6.05. The minimum Gasteiger partial charge on any atom is -0.394 e. The molecule has 3 N–H and O–H groups in total. The zero-order chi connectivity index (χ0) is 8.43. The minimum absolute atomic E-state index is 0.175. The molecule has 1 fully saturated rings. The first-order chi connectivity index (χ1) is 5.15. The average molecular weight is 180 g/mol. The highest BCUT2D eigenvalue weighted by molar-refractivity contribution is 7.17. The lowest BCUT2D eigenvalue weighted by atomic mass is 10.0. The lowest BCUT2D eigenvalue weighted by molar-refractivity contribution is -0.157. The predicted molar refractivity (Wildman–Crippen MR) is 42.1 cm³/mol. The molecule has 1 aliphatic heterocycles. The van der Waals surface area contributed by atoms with Crippen molar-refractivity contribution in [1.29, 1.82) is 0 Å². The molecular formula is C6H13O4P. The summed E-state index contributed by atoms with van der Waals surface area (Å²) in [6, 6.07) is 0. The number of hydrogen-bond acceptors (Lipinski definition) is 4. The van der Waals surface area contributed by atoms with Gasteiger partial charge in [-0.15, -0.1) is 9.24 Å². The van der Waals surface area contributed by atoms with Crippen LogP contribution in [0.4, 0.5) is 0 Å². The Kier molecular flexibility index (Phi) is 3.22. The number of ether oxygens (including phenoxy) is 1. The van der Waals surface area contributed by atoms with E-state index in [0.29, 0.717) is 6.42 Å². The molecule has 66 valence electrons. The van der Waals surface area contributed by atoms with Crippen molar-refractivity contribution < 1.29 is 20.1 Å². The molecule has 5 unspecified atom stereocenters. The van der Waals surface area contributed by atoms with E-state index >= 15 is 0 Å². The van der Waals surface area contributed by atoms with Crippen LogP contribution in [0.1, 0.15) is 6.42 Å². The second-order valence-corrected chi connectivity index (χ2v) is 3.43. The first kappa shape index (κ1) is 9.36. The third-order valence-corrected chi connectivity index (χ3v) is 2.21. The second kappa shape index (κ2) is 3.78. The Labute approximate surface area is 67.4 Å². The monoisotopic (exact) mass is 180 g/mol. The molecule has 1 heterocycles. The van der Waals surface area contributed by atoms with Crippen LogP contribution in [0.3, 0.4) is 0 Å². The van der Waals surface area contributed by atoms with E-state index in [9.17, 15) is 10.2 Å². The normalized spacial score (nSPS) is 45.8. The number of aliphatic hydroxyl groups excluding tert-OH is 3. The Bertz CT molecular complexity index is 132. The van der Waals surface area contributed by atoms with E-state index in [2.05, 4.69) is 9.24 Å². The quantitative estimate of drug-likeness (QED) is 0.438. The molecule has 0 bridgehead atoms. The molecule has 4 nitrogen and oxygen atoms in total. The zero-order valence-corrected chi connectivity index (χ0v) is 7.21. The van der Waals surface area contributed by atoms with Gasteiger partial charge in [0.25, 0.3) is 0 Å². The van der Waals surface area contributed by atoms with Gasteiger partial charge in [0.2, 0.25) is 0 Å². The predicted octanol–water partition coefficient (Wildman–Crippen LogP) is -1.31. The van der Waals surface area contributed by atoms with E-state index in [1.54, 1.807) is 0 Å². The molecule has 1 rings (SSSR count). The Morgan fingerprint density at radius 3 is 2.64 bits per heavy atom. The smallest absolute Gasteiger partial charge is 0.110 e. The van der Waals surface area contributed by atoms with Crippen LogP contribution in [-0.4, -0.2) is 46.1 Å². The van der Waals surface area contributed by atoms with Gasteiger partial charge >= 0.3 is 0 Å². The van der Waals surface area contributed by atoms with Gasteiger partial charge in [0, 0.05) is 6.42 Å². The van der Waals surface area contributed by atoms with Gasteiger partial charge < -0.3 is 20.1 Å². The van der Waals surface area contributed by atoms with Crippen molar-refractivity contribution in [2.45, 2.75) is 30.6 Å². The molecule has 1 saturated heterocycles. The molecule has 0 aromatic carbocycles.